The van der Waals surface area contributed by atoms with Crippen LogP contribution >= 0.6 is 0 Å². The number of H-pyrrole nitrogens is 1. The van der Waals surface area contributed by atoms with E-state index in [0.29, 0.717) is 0 Å². The van der Waals surface area contributed by atoms with Crippen molar-refractivity contribution < 1.29 is 19.2 Å². The van der Waals surface area contributed by atoms with Crippen LogP contribution in [-0.2, 0) is 11.8 Å². The number of rotatable bonds is 4. The third kappa shape index (κ3) is 2.70. The van der Waals surface area contributed by atoms with E-state index in [0.717, 1.165) is 6.20 Å². The minimum Gasteiger partial charge on any atom is -0.464 e. The summed E-state index contributed by atoms with van der Waals surface area (Å²) in [6.07, 6.45) is 2.28. The maximum Gasteiger partial charge on any atom is 0.360 e. The lowest BCUT2D eigenvalue weighted by Gasteiger charge is -2.02. The Hall–Kier alpha value is -3.24. The zero-order valence-electron chi connectivity index (χ0n) is 11.0. The van der Waals surface area contributed by atoms with Crippen molar-refractivity contribution in [3.8, 4) is 0 Å². The van der Waals surface area contributed by atoms with Gasteiger partial charge in [-0.05, 0) is 0 Å². The Morgan fingerprint density at radius 2 is 2.24 bits per heavy atom. The summed E-state index contributed by atoms with van der Waals surface area (Å²) in [5.74, 6) is -1.57. The van der Waals surface area contributed by atoms with Gasteiger partial charge in [0, 0.05) is 13.2 Å². The molecular formula is C10H10N6O5. The summed E-state index contributed by atoms with van der Waals surface area (Å²) in [7, 11) is 2.71. The molecule has 0 radical (unpaired) electrons. The number of methoxy groups -OCH3 is 1. The number of ether oxygens (including phenoxy) is 1. The van der Waals surface area contributed by atoms with Gasteiger partial charge in [-0.2, -0.15) is 10.2 Å². The number of carbonyl (C=O) groups excluding carboxylic acids is 2. The number of hydrogen-bond donors (Lipinski definition) is 2. The van der Waals surface area contributed by atoms with E-state index in [-0.39, 0.29) is 17.1 Å². The quantitative estimate of drug-likeness (QED) is 0.461. The summed E-state index contributed by atoms with van der Waals surface area (Å²) >= 11 is 0. The first-order valence-corrected chi connectivity index (χ1v) is 5.55. The molecule has 0 atom stereocenters. The van der Waals surface area contributed by atoms with Gasteiger partial charge in [-0.3, -0.25) is 24.7 Å². The molecule has 11 nitrogen and oxygen atoms in total. The summed E-state index contributed by atoms with van der Waals surface area (Å²) in [5, 5.41) is 22.6. The van der Waals surface area contributed by atoms with Gasteiger partial charge in [-0.25, -0.2) is 4.79 Å². The van der Waals surface area contributed by atoms with Crippen LogP contribution in [-0.4, -0.2) is 43.9 Å². The van der Waals surface area contributed by atoms with E-state index in [1.165, 1.54) is 18.0 Å². The second-order valence-electron chi connectivity index (χ2n) is 3.90. The van der Waals surface area contributed by atoms with Gasteiger partial charge in [0.15, 0.2) is 5.69 Å². The molecule has 11 heteroatoms. The van der Waals surface area contributed by atoms with Crippen molar-refractivity contribution in [3.05, 3.63) is 33.9 Å². The van der Waals surface area contributed by atoms with Crippen LogP contribution in [0.15, 0.2) is 12.4 Å². The lowest BCUT2D eigenvalue weighted by molar-refractivity contribution is -0.385. The van der Waals surface area contributed by atoms with Crippen LogP contribution in [0.5, 0.6) is 0 Å². The van der Waals surface area contributed by atoms with Crippen LogP contribution in [0, 0.1) is 10.1 Å². The molecule has 2 rings (SSSR count). The smallest absolute Gasteiger partial charge is 0.360 e. The summed E-state index contributed by atoms with van der Waals surface area (Å²) in [6.45, 7) is 0. The van der Waals surface area contributed by atoms with E-state index in [1.54, 1.807) is 7.05 Å². The Kier molecular flexibility index (Phi) is 3.65. The minimum absolute atomic E-state index is 0.0678. The van der Waals surface area contributed by atoms with Gasteiger partial charge in [0.05, 0.1) is 17.7 Å². The number of esters is 1. The van der Waals surface area contributed by atoms with E-state index in [4.69, 9.17) is 0 Å². The fourth-order valence-electron chi connectivity index (χ4n) is 1.60. The molecule has 0 aliphatic rings. The third-order valence-electron chi connectivity index (χ3n) is 2.50. The van der Waals surface area contributed by atoms with E-state index in [2.05, 4.69) is 25.3 Å². The largest absolute Gasteiger partial charge is 0.464 e. The fourth-order valence-corrected chi connectivity index (χ4v) is 1.60. The molecule has 0 aliphatic carbocycles. The van der Waals surface area contributed by atoms with Gasteiger partial charge in [0.25, 0.3) is 5.91 Å². The van der Waals surface area contributed by atoms with Gasteiger partial charge in [-0.1, -0.05) is 0 Å². The van der Waals surface area contributed by atoms with Crippen LogP contribution in [0.3, 0.4) is 0 Å². The normalized spacial score (nSPS) is 10.2. The van der Waals surface area contributed by atoms with Crippen molar-refractivity contribution in [2.24, 2.45) is 7.05 Å². The molecule has 0 saturated carbocycles. The molecule has 0 bridgehead atoms. The number of carbonyl (C=O) groups is 2. The number of nitro groups is 1. The predicted molar refractivity (Wildman–Crippen MR) is 67.7 cm³/mol. The first-order chi connectivity index (χ1) is 9.93. The van der Waals surface area contributed by atoms with E-state index in [1.807, 2.05) is 0 Å². The number of nitrogens with zero attached hydrogens (tertiary/aromatic N) is 4. The van der Waals surface area contributed by atoms with E-state index in [9.17, 15) is 19.7 Å². The van der Waals surface area contributed by atoms with Gasteiger partial charge < -0.3 is 10.1 Å². The number of amides is 1. The maximum absolute atomic E-state index is 12.0. The summed E-state index contributed by atoms with van der Waals surface area (Å²) in [5.41, 5.74) is -0.857. The molecule has 2 N–H and O–H groups in total. The van der Waals surface area contributed by atoms with Gasteiger partial charge in [-0.15, -0.1) is 0 Å². The first-order valence-electron chi connectivity index (χ1n) is 5.55. The second-order valence-corrected chi connectivity index (χ2v) is 3.90. The highest BCUT2D eigenvalue weighted by atomic mass is 16.6. The average molecular weight is 294 g/mol. The second kappa shape index (κ2) is 5.40. The highest BCUT2D eigenvalue weighted by molar-refractivity contribution is 6.08. The third-order valence-corrected chi connectivity index (χ3v) is 2.50. The van der Waals surface area contributed by atoms with Crippen molar-refractivity contribution in [1.29, 1.82) is 0 Å². The molecule has 0 fully saturated rings. The number of anilines is 1. The molecule has 2 heterocycles. The monoisotopic (exact) mass is 294 g/mol. The molecule has 21 heavy (non-hydrogen) atoms. The molecule has 0 spiro atoms. The molecule has 2 aromatic heterocycles. The zero-order chi connectivity index (χ0) is 15.6. The van der Waals surface area contributed by atoms with Gasteiger partial charge in [0.1, 0.15) is 6.20 Å². The highest BCUT2D eigenvalue weighted by Gasteiger charge is 2.25. The van der Waals surface area contributed by atoms with Gasteiger partial charge >= 0.3 is 11.7 Å². The Morgan fingerprint density at radius 1 is 1.52 bits per heavy atom. The Morgan fingerprint density at radius 3 is 2.86 bits per heavy atom. The van der Waals surface area contributed by atoms with Crippen molar-refractivity contribution in [3.63, 3.8) is 0 Å². The lowest BCUT2D eigenvalue weighted by atomic mass is 10.3. The summed E-state index contributed by atoms with van der Waals surface area (Å²) in [4.78, 5) is 33.5. The van der Waals surface area contributed by atoms with Crippen molar-refractivity contribution in [2.75, 3.05) is 12.4 Å². The lowest BCUT2D eigenvalue weighted by Crippen LogP contribution is -2.16. The van der Waals surface area contributed by atoms with E-state index >= 15 is 0 Å². The molecule has 1 amide bonds. The number of nitrogens with one attached hydrogen (secondary N) is 2. The maximum atomic E-state index is 12.0. The standard InChI is InChI=1S/C10H10N6O5/c1-15-4-5(7(14-15)10(18)21-2)12-9(17)8-6(16(19)20)3-11-13-8/h3-4H,1-2H3,(H,11,13)(H,12,17). The molecule has 0 saturated heterocycles. The Bertz CT molecular complexity index is 717. The summed E-state index contributed by atoms with van der Waals surface area (Å²) < 4.78 is 5.82. The minimum atomic E-state index is -0.822. The Labute approximate surface area is 117 Å². The number of hydrogen-bond acceptors (Lipinski definition) is 7. The number of aryl methyl sites for hydroxylation is 1. The average Bonchev–Trinajstić information content (AvgIpc) is 3.04. The van der Waals surface area contributed by atoms with Gasteiger partial charge in [0.2, 0.25) is 5.69 Å². The van der Waals surface area contributed by atoms with E-state index < -0.39 is 22.5 Å². The van der Waals surface area contributed by atoms with Crippen LogP contribution in [0.1, 0.15) is 21.0 Å². The number of aromatic nitrogens is 4. The molecule has 0 aromatic carbocycles. The molecule has 0 unspecified atom stereocenters. The first kappa shape index (κ1) is 14.2. The van der Waals surface area contributed by atoms with Crippen LogP contribution in [0.25, 0.3) is 0 Å². The predicted octanol–water partition coefficient (Wildman–Crippen LogP) is 0.0903. The Balaban J connectivity index is 2.30. The topological polar surface area (TPSA) is 145 Å². The van der Waals surface area contributed by atoms with Crippen molar-refractivity contribution >= 4 is 23.3 Å². The van der Waals surface area contributed by atoms with Crippen molar-refractivity contribution in [2.45, 2.75) is 0 Å². The molecule has 0 aliphatic heterocycles. The van der Waals surface area contributed by atoms with Crippen LogP contribution < -0.4 is 5.32 Å². The molecule has 110 valence electrons. The van der Waals surface area contributed by atoms with Crippen molar-refractivity contribution in [1.82, 2.24) is 20.0 Å². The SMILES string of the molecule is COC(=O)c1nn(C)cc1NC(=O)c1[nH]ncc1[N+](=O)[O-]. The fraction of sp³-hybridized carbons (Fsp3) is 0.200. The highest BCUT2D eigenvalue weighted by Crippen LogP contribution is 2.19. The molecule has 2 aromatic rings. The van der Waals surface area contributed by atoms with Crippen LogP contribution in [0.2, 0.25) is 0 Å². The summed E-state index contributed by atoms with van der Waals surface area (Å²) in [6, 6.07) is 0. The number of aromatic amines is 1. The molecular weight excluding hydrogens is 284 g/mol. The van der Waals surface area contributed by atoms with Crippen LogP contribution in [0.4, 0.5) is 11.4 Å². The zero-order valence-corrected chi connectivity index (χ0v) is 11.0.